The number of carbonyl (C=O) groups is 2. The number of halogens is 2. The number of hydrogen-bond donors (Lipinski definition) is 1. The second-order valence-corrected chi connectivity index (χ2v) is 9.10. The topological polar surface area (TPSA) is 86.8 Å². The van der Waals surface area contributed by atoms with E-state index < -0.39 is 21.8 Å². The van der Waals surface area contributed by atoms with E-state index in [1.54, 1.807) is 18.2 Å². The zero-order valence-corrected chi connectivity index (χ0v) is 16.9. The van der Waals surface area contributed by atoms with Crippen molar-refractivity contribution in [3.05, 3.63) is 28.2 Å². The van der Waals surface area contributed by atoms with Crippen molar-refractivity contribution in [2.75, 3.05) is 38.3 Å². The van der Waals surface area contributed by atoms with Crippen LogP contribution in [0.2, 0.25) is 10.0 Å². The third-order valence-electron chi connectivity index (χ3n) is 4.19. The Morgan fingerprint density at radius 3 is 2.50 bits per heavy atom. The first kappa shape index (κ1) is 21.0. The molecule has 0 spiro atoms. The highest BCUT2D eigenvalue weighted by molar-refractivity contribution is 7.88. The van der Waals surface area contributed by atoms with Gasteiger partial charge in [0.1, 0.15) is 0 Å². The van der Waals surface area contributed by atoms with Crippen LogP contribution in [-0.2, 0) is 19.6 Å². The average Bonchev–Trinajstić information content (AvgIpc) is 2.57. The summed E-state index contributed by atoms with van der Waals surface area (Å²) in [7, 11) is -1.83. The summed E-state index contributed by atoms with van der Waals surface area (Å²) in [6.07, 6.45) is 2.33. The molecular weight excluding hydrogens is 401 g/mol. The van der Waals surface area contributed by atoms with Gasteiger partial charge in [-0.15, -0.1) is 0 Å². The van der Waals surface area contributed by atoms with E-state index in [1.807, 2.05) is 0 Å². The Balaban J connectivity index is 1.97. The van der Waals surface area contributed by atoms with Crippen LogP contribution >= 0.6 is 23.2 Å². The number of carbonyl (C=O) groups excluding carboxylic acids is 2. The lowest BCUT2D eigenvalue weighted by Gasteiger charge is -2.32. The standard InChI is InChI=1S/C16H21Cl2N3O4S/c1-20(10-14(22)19-15-12(17)6-3-7-13(15)18)16(23)11-5-4-8-21(9-11)26(2,24)25/h3,6-7,11H,4-5,8-10H2,1-2H3,(H,19,22). The molecule has 1 aliphatic rings. The van der Waals surface area contributed by atoms with Gasteiger partial charge in [-0.1, -0.05) is 29.3 Å². The molecule has 1 unspecified atom stereocenters. The highest BCUT2D eigenvalue weighted by Crippen LogP contribution is 2.29. The van der Waals surface area contributed by atoms with Gasteiger partial charge in [-0.3, -0.25) is 9.59 Å². The van der Waals surface area contributed by atoms with Crippen molar-refractivity contribution in [1.82, 2.24) is 9.21 Å². The first-order chi connectivity index (χ1) is 12.1. The molecule has 0 radical (unpaired) electrons. The molecule has 1 heterocycles. The van der Waals surface area contributed by atoms with Gasteiger partial charge >= 0.3 is 0 Å². The normalized spacial score (nSPS) is 18.4. The zero-order chi connectivity index (χ0) is 19.5. The van der Waals surface area contributed by atoms with E-state index in [-0.39, 0.29) is 19.0 Å². The molecule has 10 heteroatoms. The van der Waals surface area contributed by atoms with Gasteiger partial charge in [0.15, 0.2) is 0 Å². The molecule has 26 heavy (non-hydrogen) atoms. The molecular formula is C16H21Cl2N3O4S. The molecule has 0 aliphatic carbocycles. The van der Waals surface area contributed by atoms with E-state index in [4.69, 9.17) is 23.2 Å². The highest BCUT2D eigenvalue weighted by atomic mass is 35.5. The number of nitrogens with zero attached hydrogens (tertiary/aromatic N) is 2. The Morgan fingerprint density at radius 2 is 1.92 bits per heavy atom. The molecule has 2 amide bonds. The molecule has 0 bridgehead atoms. The van der Waals surface area contributed by atoms with Crippen LogP contribution in [0, 0.1) is 5.92 Å². The Morgan fingerprint density at radius 1 is 1.31 bits per heavy atom. The summed E-state index contributed by atoms with van der Waals surface area (Å²) in [5.74, 6) is -1.16. The molecule has 1 fully saturated rings. The van der Waals surface area contributed by atoms with E-state index >= 15 is 0 Å². The molecule has 1 aromatic rings. The van der Waals surface area contributed by atoms with Gasteiger partial charge in [0.05, 0.1) is 34.5 Å². The molecule has 2 rings (SSSR count). The first-order valence-corrected chi connectivity index (χ1v) is 10.6. The lowest BCUT2D eigenvalue weighted by Crippen LogP contribution is -2.46. The molecule has 1 saturated heterocycles. The van der Waals surface area contributed by atoms with Crippen molar-refractivity contribution in [3.8, 4) is 0 Å². The summed E-state index contributed by atoms with van der Waals surface area (Å²) >= 11 is 12.0. The highest BCUT2D eigenvalue weighted by Gasteiger charge is 2.32. The molecule has 1 aromatic carbocycles. The second-order valence-electron chi connectivity index (χ2n) is 6.30. The molecule has 144 valence electrons. The Bertz CT molecular complexity index is 780. The number of benzene rings is 1. The van der Waals surface area contributed by atoms with Crippen LogP contribution in [0.25, 0.3) is 0 Å². The van der Waals surface area contributed by atoms with Gasteiger partial charge in [0.25, 0.3) is 0 Å². The van der Waals surface area contributed by atoms with Crippen LogP contribution in [-0.4, -0.2) is 62.4 Å². The minimum absolute atomic E-state index is 0.139. The van der Waals surface area contributed by atoms with Crippen LogP contribution in [0.1, 0.15) is 12.8 Å². The summed E-state index contributed by atoms with van der Waals surface area (Å²) < 4.78 is 24.7. The van der Waals surface area contributed by atoms with Gasteiger partial charge in [0.2, 0.25) is 21.8 Å². The van der Waals surface area contributed by atoms with Crippen molar-refractivity contribution in [2.24, 2.45) is 5.92 Å². The van der Waals surface area contributed by atoms with E-state index in [0.717, 1.165) is 6.26 Å². The number of hydrogen-bond acceptors (Lipinski definition) is 4. The molecule has 7 nitrogen and oxygen atoms in total. The Hall–Kier alpha value is -1.35. The van der Waals surface area contributed by atoms with Crippen LogP contribution in [0.4, 0.5) is 5.69 Å². The number of piperidine rings is 1. The third kappa shape index (κ3) is 5.33. The second kappa shape index (κ2) is 8.56. The predicted octanol–water partition coefficient (Wildman–Crippen LogP) is 2.06. The number of anilines is 1. The van der Waals surface area contributed by atoms with Crippen LogP contribution < -0.4 is 5.32 Å². The van der Waals surface area contributed by atoms with Crippen molar-refractivity contribution in [3.63, 3.8) is 0 Å². The van der Waals surface area contributed by atoms with Gasteiger partial charge < -0.3 is 10.2 Å². The number of sulfonamides is 1. The van der Waals surface area contributed by atoms with E-state index in [1.165, 1.54) is 16.3 Å². The van der Waals surface area contributed by atoms with E-state index in [2.05, 4.69) is 5.32 Å². The molecule has 0 aromatic heterocycles. The molecule has 0 saturated carbocycles. The zero-order valence-electron chi connectivity index (χ0n) is 14.5. The SMILES string of the molecule is CN(CC(=O)Nc1c(Cl)cccc1Cl)C(=O)C1CCCN(S(C)(=O)=O)C1. The van der Waals surface area contributed by atoms with Crippen molar-refractivity contribution >= 4 is 50.7 Å². The number of nitrogens with one attached hydrogen (secondary N) is 1. The summed E-state index contributed by atoms with van der Waals surface area (Å²) in [6.45, 7) is 0.369. The minimum atomic E-state index is -3.34. The van der Waals surface area contributed by atoms with Crippen LogP contribution in [0.15, 0.2) is 18.2 Å². The number of amides is 2. The largest absolute Gasteiger partial charge is 0.336 e. The third-order valence-corrected chi connectivity index (χ3v) is 6.09. The fourth-order valence-corrected chi connectivity index (χ4v) is 4.25. The first-order valence-electron chi connectivity index (χ1n) is 8.03. The van der Waals surface area contributed by atoms with Gasteiger partial charge in [-0.05, 0) is 25.0 Å². The van der Waals surface area contributed by atoms with E-state index in [9.17, 15) is 18.0 Å². The van der Waals surface area contributed by atoms with Crippen LogP contribution in [0.3, 0.4) is 0 Å². The lowest BCUT2D eigenvalue weighted by molar-refractivity contribution is -0.137. The van der Waals surface area contributed by atoms with E-state index in [0.29, 0.717) is 35.1 Å². The fourth-order valence-electron chi connectivity index (χ4n) is 2.85. The van der Waals surface area contributed by atoms with Gasteiger partial charge in [-0.25, -0.2) is 12.7 Å². The minimum Gasteiger partial charge on any atom is -0.336 e. The average molecular weight is 422 g/mol. The molecule has 1 atom stereocenters. The maximum atomic E-state index is 12.6. The summed E-state index contributed by atoms with van der Waals surface area (Å²) in [4.78, 5) is 26.1. The quantitative estimate of drug-likeness (QED) is 0.787. The summed E-state index contributed by atoms with van der Waals surface area (Å²) in [6, 6.07) is 4.85. The Kier molecular flexibility index (Phi) is 6.90. The monoisotopic (exact) mass is 421 g/mol. The fraction of sp³-hybridized carbons (Fsp3) is 0.500. The Labute approximate surface area is 163 Å². The lowest BCUT2D eigenvalue weighted by atomic mass is 9.98. The predicted molar refractivity (Wildman–Crippen MR) is 102 cm³/mol. The van der Waals surface area contributed by atoms with Gasteiger partial charge in [-0.2, -0.15) is 0 Å². The van der Waals surface area contributed by atoms with Crippen molar-refractivity contribution < 1.29 is 18.0 Å². The molecule has 1 aliphatic heterocycles. The number of rotatable bonds is 5. The number of likely N-dealkylation sites (N-methyl/N-ethyl adjacent to an activating group) is 1. The summed E-state index contributed by atoms with van der Waals surface area (Å²) in [5.41, 5.74) is 0.294. The molecule has 1 N–H and O–H groups in total. The smallest absolute Gasteiger partial charge is 0.244 e. The maximum Gasteiger partial charge on any atom is 0.244 e. The number of para-hydroxylation sites is 1. The van der Waals surface area contributed by atoms with Gasteiger partial charge in [0, 0.05) is 20.1 Å². The van der Waals surface area contributed by atoms with Crippen molar-refractivity contribution in [1.29, 1.82) is 0 Å². The summed E-state index contributed by atoms with van der Waals surface area (Å²) in [5, 5.41) is 3.20. The maximum absolute atomic E-state index is 12.6. The van der Waals surface area contributed by atoms with Crippen molar-refractivity contribution in [2.45, 2.75) is 12.8 Å². The van der Waals surface area contributed by atoms with Crippen LogP contribution in [0.5, 0.6) is 0 Å².